The van der Waals surface area contributed by atoms with Gasteiger partial charge in [0.25, 0.3) is 0 Å². The van der Waals surface area contributed by atoms with Crippen molar-refractivity contribution in [2.24, 2.45) is 12.0 Å². The van der Waals surface area contributed by atoms with Crippen LogP contribution in [-0.4, -0.2) is 31.4 Å². The Kier molecular flexibility index (Phi) is 5.99. The summed E-state index contributed by atoms with van der Waals surface area (Å²) in [5, 5.41) is 14.9. The molecule has 1 unspecified atom stereocenters. The predicted molar refractivity (Wildman–Crippen MR) is 128 cm³/mol. The fourth-order valence-corrected chi connectivity index (χ4v) is 4.28. The summed E-state index contributed by atoms with van der Waals surface area (Å²) < 4.78 is 1.89. The molecule has 8 heteroatoms. The summed E-state index contributed by atoms with van der Waals surface area (Å²) >= 11 is 1.58. The second-order valence-electron chi connectivity index (χ2n) is 6.99. The summed E-state index contributed by atoms with van der Waals surface area (Å²) in [5.41, 5.74) is 2.82. The molecule has 0 aliphatic heterocycles. The highest BCUT2D eigenvalue weighted by atomic mass is 32.1. The van der Waals surface area contributed by atoms with E-state index in [-0.39, 0.29) is 6.04 Å². The lowest BCUT2D eigenvalue weighted by molar-refractivity contribution is 0.717. The predicted octanol–water partition coefficient (Wildman–Crippen LogP) is 5.28. The third kappa shape index (κ3) is 4.15. The van der Waals surface area contributed by atoms with Gasteiger partial charge in [0.2, 0.25) is 0 Å². The largest absolute Gasteiger partial charge is 0.360 e. The van der Waals surface area contributed by atoms with Crippen molar-refractivity contribution in [2.75, 3.05) is 5.32 Å². The van der Waals surface area contributed by atoms with Crippen molar-refractivity contribution in [1.29, 1.82) is 0 Å². The van der Waals surface area contributed by atoms with Crippen LogP contribution in [0.15, 0.2) is 65.3 Å². The quantitative estimate of drug-likeness (QED) is 0.319. The van der Waals surface area contributed by atoms with Gasteiger partial charge in [-0.05, 0) is 32.2 Å². The molecule has 4 aromatic rings. The van der Waals surface area contributed by atoms with Crippen LogP contribution in [0.2, 0.25) is 0 Å². The normalized spacial score (nSPS) is 13.1. The molecular weight excluding hydrogens is 406 g/mol. The number of hydrogen-bond donors (Lipinski definition) is 1. The van der Waals surface area contributed by atoms with E-state index in [1.54, 1.807) is 17.7 Å². The molecule has 0 spiro atoms. The number of aromatic nitrogens is 5. The Bertz CT molecular complexity index is 1270. The smallest absolute Gasteiger partial charge is 0.181 e. The Labute approximate surface area is 184 Å². The van der Waals surface area contributed by atoms with Crippen LogP contribution in [0.3, 0.4) is 0 Å². The topological polar surface area (TPSA) is 80.9 Å². The molecule has 1 N–H and O–H groups in total. The zero-order chi connectivity index (χ0) is 21.8. The van der Waals surface area contributed by atoms with Crippen molar-refractivity contribution >= 4 is 39.8 Å². The summed E-state index contributed by atoms with van der Waals surface area (Å²) in [4.78, 5) is 14.7. The fraction of sp³-hybridized carbons (Fsp3) is 0.174. The second-order valence-corrected chi connectivity index (χ2v) is 7.85. The minimum Gasteiger partial charge on any atom is -0.360 e. The van der Waals surface area contributed by atoms with Gasteiger partial charge in [-0.15, -0.1) is 21.5 Å². The van der Waals surface area contributed by atoms with Gasteiger partial charge in [-0.3, -0.25) is 4.99 Å². The highest BCUT2D eigenvalue weighted by molar-refractivity contribution is 7.17. The van der Waals surface area contributed by atoms with Crippen molar-refractivity contribution in [3.8, 4) is 11.1 Å². The molecule has 4 rings (SSSR count). The van der Waals surface area contributed by atoms with E-state index in [0.717, 1.165) is 33.0 Å². The van der Waals surface area contributed by atoms with Crippen molar-refractivity contribution in [2.45, 2.75) is 19.9 Å². The zero-order valence-electron chi connectivity index (χ0n) is 17.6. The lowest BCUT2D eigenvalue weighted by Gasteiger charge is -2.16. The lowest BCUT2D eigenvalue weighted by atomic mass is 10.1. The highest BCUT2D eigenvalue weighted by Crippen LogP contribution is 2.38. The van der Waals surface area contributed by atoms with E-state index in [2.05, 4.69) is 44.7 Å². The van der Waals surface area contributed by atoms with E-state index in [9.17, 15) is 0 Å². The number of thiophene rings is 1. The third-order valence-corrected chi connectivity index (χ3v) is 5.72. The van der Waals surface area contributed by atoms with Crippen LogP contribution in [0.5, 0.6) is 0 Å². The molecule has 7 nitrogen and oxygen atoms in total. The molecule has 31 heavy (non-hydrogen) atoms. The molecular formula is C23H23N7S. The number of fused-ring (bicyclic) bond motifs is 1. The first-order valence-corrected chi connectivity index (χ1v) is 10.8. The SMILES string of the molecule is C=N/C(=C\C=C/C)c1nc(NC(C)c2nncn2C)c2c(-c3ccccc3)csc2n1. The molecule has 1 aromatic carbocycles. The van der Waals surface area contributed by atoms with E-state index in [1.165, 1.54) is 0 Å². The van der Waals surface area contributed by atoms with E-state index >= 15 is 0 Å². The fourth-order valence-electron chi connectivity index (χ4n) is 3.33. The number of aryl methyl sites for hydroxylation is 1. The van der Waals surface area contributed by atoms with Crippen molar-refractivity contribution in [3.05, 3.63) is 71.9 Å². The first kappa shape index (κ1) is 20.6. The van der Waals surface area contributed by atoms with Gasteiger partial charge in [-0.2, -0.15) is 0 Å². The lowest BCUT2D eigenvalue weighted by Crippen LogP contribution is -2.14. The van der Waals surface area contributed by atoms with Gasteiger partial charge in [0, 0.05) is 18.0 Å². The van der Waals surface area contributed by atoms with Crippen LogP contribution >= 0.6 is 11.3 Å². The molecule has 0 bridgehead atoms. The maximum absolute atomic E-state index is 4.85. The zero-order valence-corrected chi connectivity index (χ0v) is 18.5. The average molecular weight is 430 g/mol. The Hall–Kier alpha value is -3.65. The van der Waals surface area contributed by atoms with Gasteiger partial charge < -0.3 is 9.88 Å². The number of nitrogens with zero attached hydrogens (tertiary/aromatic N) is 6. The van der Waals surface area contributed by atoms with Crippen molar-refractivity contribution < 1.29 is 0 Å². The Morgan fingerprint density at radius 1 is 1.26 bits per heavy atom. The Balaban J connectivity index is 1.89. The highest BCUT2D eigenvalue weighted by Gasteiger charge is 2.20. The number of nitrogens with one attached hydrogen (secondary N) is 1. The summed E-state index contributed by atoms with van der Waals surface area (Å²) in [7, 11) is 1.92. The summed E-state index contributed by atoms with van der Waals surface area (Å²) in [6, 6.07) is 10.1. The van der Waals surface area contributed by atoms with E-state index in [4.69, 9.17) is 9.97 Å². The summed E-state index contributed by atoms with van der Waals surface area (Å²) in [5.74, 6) is 2.07. The van der Waals surface area contributed by atoms with Crippen LogP contribution in [0.25, 0.3) is 27.0 Å². The van der Waals surface area contributed by atoms with Crippen LogP contribution in [-0.2, 0) is 7.05 Å². The molecule has 0 fully saturated rings. The standard InChI is InChI=1S/C23H23N7S/c1-5-6-12-18(24-3)20-27-21(26-15(2)22-29-25-14-30(22)4)19-17(13-31-23(19)28-20)16-10-8-7-9-11-16/h5-15H,3H2,1-2,4H3,(H,26,27,28)/b6-5-,18-12-. The van der Waals surface area contributed by atoms with E-state index in [0.29, 0.717) is 11.5 Å². The van der Waals surface area contributed by atoms with Gasteiger partial charge in [-0.1, -0.05) is 42.5 Å². The first-order chi connectivity index (χ1) is 15.1. The summed E-state index contributed by atoms with van der Waals surface area (Å²) in [6.45, 7) is 7.68. The molecule has 0 radical (unpaired) electrons. The van der Waals surface area contributed by atoms with E-state index in [1.807, 2.05) is 61.9 Å². The monoisotopic (exact) mass is 429 g/mol. The number of allylic oxidation sites excluding steroid dienone is 3. The Morgan fingerprint density at radius 3 is 2.74 bits per heavy atom. The molecule has 3 aromatic heterocycles. The number of anilines is 1. The maximum Gasteiger partial charge on any atom is 0.181 e. The minimum absolute atomic E-state index is 0.110. The van der Waals surface area contributed by atoms with Crippen LogP contribution in [0.4, 0.5) is 5.82 Å². The van der Waals surface area contributed by atoms with Crippen molar-refractivity contribution in [3.63, 3.8) is 0 Å². The molecule has 0 saturated carbocycles. The molecule has 0 amide bonds. The summed E-state index contributed by atoms with van der Waals surface area (Å²) in [6.07, 6.45) is 7.37. The maximum atomic E-state index is 4.85. The van der Waals surface area contributed by atoms with Gasteiger partial charge in [-0.25, -0.2) is 9.97 Å². The first-order valence-electron chi connectivity index (χ1n) is 9.87. The van der Waals surface area contributed by atoms with Gasteiger partial charge in [0.05, 0.1) is 11.4 Å². The third-order valence-electron chi connectivity index (χ3n) is 4.85. The molecule has 0 saturated heterocycles. The van der Waals surface area contributed by atoms with Gasteiger partial charge >= 0.3 is 0 Å². The molecule has 1 atom stereocenters. The van der Waals surface area contributed by atoms with Crippen LogP contribution in [0, 0.1) is 0 Å². The molecule has 3 heterocycles. The van der Waals surface area contributed by atoms with Crippen LogP contribution < -0.4 is 5.32 Å². The van der Waals surface area contributed by atoms with Gasteiger partial charge in [0.15, 0.2) is 11.6 Å². The second kappa shape index (κ2) is 9.01. The number of benzene rings is 1. The minimum atomic E-state index is -0.110. The van der Waals surface area contributed by atoms with Gasteiger partial charge in [0.1, 0.15) is 22.7 Å². The molecule has 0 aliphatic carbocycles. The van der Waals surface area contributed by atoms with Crippen LogP contribution in [0.1, 0.15) is 31.5 Å². The number of aliphatic imine (C=N–C) groups is 1. The average Bonchev–Trinajstić information content (AvgIpc) is 3.41. The molecule has 0 aliphatic rings. The van der Waals surface area contributed by atoms with Crippen molar-refractivity contribution in [1.82, 2.24) is 24.7 Å². The number of hydrogen-bond acceptors (Lipinski definition) is 7. The number of rotatable bonds is 7. The Morgan fingerprint density at radius 2 is 2.06 bits per heavy atom. The molecule has 156 valence electrons. The van der Waals surface area contributed by atoms with E-state index < -0.39 is 0 Å².